The first-order valence-corrected chi connectivity index (χ1v) is 6.68. The van der Waals surface area contributed by atoms with Crippen LogP contribution in [0.15, 0.2) is 0 Å². The molecule has 0 aromatic rings. The van der Waals surface area contributed by atoms with E-state index in [0.29, 0.717) is 44.0 Å². The minimum atomic E-state index is -0.815. The van der Waals surface area contributed by atoms with E-state index in [4.69, 9.17) is 14.6 Å². The van der Waals surface area contributed by atoms with Crippen LogP contribution < -0.4 is 0 Å². The van der Waals surface area contributed by atoms with Gasteiger partial charge >= 0.3 is 39.2 Å². The van der Waals surface area contributed by atoms with E-state index in [2.05, 4.69) is 0 Å². The summed E-state index contributed by atoms with van der Waals surface area (Å²) in [4.78, 5) is 21.7. The summed E-state index contributed by atoms with van der Waals surface area (Å²) in [6.45, 7) is 0.490. The van der Waals surface area contributed by atoms with Gasteiger partial charge in [-0.15, -0.1) is 0 Å². The van der Waals surface area contributed by atoms with Crippen molar-refractivity contribution in [2.45, 2.75) is 57.2 Å². The third-order valence-electron chi connectivity index (χ3n) is 3.61. The summed E-state index contributed by atoms with van der Waals surface area (Å²) < 4.78 is 10.6. The molecule has 3 atom stereocenters. The van der Waals surface area contributed by atoms with E-state index in [-0.39, 0.29) is 39.7 Å². The Labute approximate surface area is 133 Å². The van der Waals surface area contributed by atoms with Crippen molar-refractivity contribution in [2.75, 3.05) is 6.61 Å². The van der Waals surface area contributed by atoms with Crippen LogP contribution >= 0.6 is 0 Å². The molecule has 108 valence electrons. The average molecular weight is 466 g/mol. The topological polar surface area (TPSA) is 76.1 Å². The summed E-state index contributed by atoms with van der Waals surface area (Å²) in [5.41, 5.74) is 0. The van der Waals surface area contributed by atoms with Crippen molar-refractivity contribution in [3.63, 3.8) is 0 Å². The van der Waals surface area contributed by atoms with Gasteiger partial charge in [-0.05, 0) is 38.0 Å². The third-order valence-corrected chi connectivity index (χ3v) is 3.61. The third kappa shape index (κ3) is 6.20. The van der Waals surface area contributed by atoms with Gasteiger partial charge in [-0.3, -0.25) is 9.59 Å². The fraction of sp³-hybridized carbons (Fsp3) is 0.846. The minimum absolute atomic E-state index is 0. The van der Waals surface area contributed by atoms with Crippen molar-refractivity contribution in [3.8, 4) is 0 Å². The number of esters is 1. The number of carboxylic acids is 1. The predicted octanol–water partition coefficient (Wildman–Crippen LogP) is 0.826. The quantitative estimate of drug-likeness (QED) is 0.261. The van der Waals surface area contributed by atoms with Crippen LogP contribution in [0.25, 0.3) is 0 Å². The maximum atomic E-state index is 11.4. The monoisotopic (exact) mass is 466 g/mol. The van der Waals surface area contributed by atoms with Crippen molar-refractivity contribution < 1.29 is 24.2 Å². The molecule has 19 heavy (non-hydrogen) atoms. The fourth-order valence-electron chi connectivity index (χ4n) is 2.47. The van der Waals surface area contributed by atoms with Gasteiger partial charge in [0.05, 0.1) is 18.8 Å². The van der Waals surface area contributed by atoms with E-state index in [0.717, 1.165) is 19.3 Å². The van der Waals surface area contributed by atoms with Crippen molar-refractivity contribution in [2.24, 2.45) is 5.92 Å². The molecule has 2 radical (unpaired) electrons. The Bertz CT molecular complexity index is 320. The van der Waals surface area contributed by atoms with Crippen molar-refractivity contribution in [3.05, 3.63) is 0 Å². The van der Waals surface area contributed by atoms with Crippen LogP contribution in [-0.2, 0) is 19.1 Å². The molecule has 0 bridgehead atoms. The molecule has 2 aliphatic rings. The van der Waals surface area contributed by atoms with E-state index in [9.17, 15) is 9.59 Å². The second-order valence-electron chi connectivity index (χ2n) is 5.18. The van der Waals surface area contributed by atoms with E-state index in [1.54, 1.807) is 0 Å². The molecule has 6 heteroatoms. The van der Waals surface area contributed by atoms with Gasteiger partial charge in [0.1, 0.15) is 0 Å². The Morgan fingerprint density at radius 1 is 1.16 bits per heavy atom. The number of carbonyl (C=O) groups is 2. The van der Waals surface area contributed by atoms with Gasteiger partial charge < -0.3 is 14.6 Å². The number of fused-ring (bicyclic) bond motifs is 1. The molecule has 0 aromatic heterocycles. The molecule has 1 heterocycles. The number of rotatable bonds is 7. The van der Waals surface area contributed by atoms with Gasteiger partial charge in [0, 0.05) is 12.8 Å². The Hall–Kier alpha value is -0.178. The summed E-state index contributed by atoms with van der Waals surface area (Å²) in [5.74, 6) is -0.583. The number of hydrogen-bond acceptors (Lipinski definition) is 4. The summed E-state index contributed by atoms with van der Waals surface area (Å²) >= 11 is 0. The molecule has 0 spiro atoms. The number of ether oxygens (including phenoxy) is 2. The standard InChI is InChI=1S/C13H20O5.Pb.2H/c14-12(15)3-1-2-4-13(16)17-8-9-5-6-10-11(7-9)18-10;;;/h9-11H,1-8H2,(H,14,15);;;. The van der Waals surface area contributed by atoms with Gasteiger partial charge in [-0.1, -0.05) is 0 Å². The molecular weight excluding hydrogens is 443 g/mol. The predicted molar refractivity (Wildman–Crippen MR) is 71.6 cm³/mol. The maximum absolute atomic E-state index is 11.4. The van der Waals surface area contributed by atoms with Crippen LogP contribution in [0.5, 0.6) is 0 Å². The summed E-state index contributed by atoms with van der Waals surface area (Å²) in [6.07, 6.45) is 5.63. The molecule has 1 saturated carbocycles. The molecule has 2 fully saturated rings. The average Bonchev–Trinajstić information content (AvgIpc) is 3.10. The van der Waals surface area contributed by atoms with Crippen LogP contribution in [0.1, 0.15) is 44.9 Å². The number of unbranched alkanes of at least 4 members (excludes halogenated alkanes) is 1. The van der Waals surface area contributed by atoms with E-state index < -0.39 is 5.97 Å². The Morgan fingerprint density at radius 3 is 2.58 bits per heavy atom. The van der Waals surface area contributed by atoms with Gasteiger partial charge in [-0.2, -0.15) is 0 Å². The molecule has 5 nitrogen and oxygen atoms in total. The van der Waals surface area contributed by atoms with Crippen LogP contribution in [0.3, 0.4) is 0 Å². The molecular formula is C13H22O5Pb. The van der Waals surface area contributed by atoms with Crippen molar-refractivity contribution in [1.29, 1.82) is 0 Å². The molecule has 1 aliphatic heterocycles. The summed E-state index contributed by atoms with van der Waals surface area (Å²) in [6, 6.07) is 0. The first-order valence-electron chi connectivity index (χ1n) is 6.68. The SMILES string of the molecule is O=C(O)CCCCC(=O)OCC1CCC2OC2C1.[PbH2]. The normalized spacial score (nSPS) is 27.9. The number of epoxide rings is 1. The summed E-state index contributed by atoms with van der Waals surface area (Å²) in [5, 5.41) is 8.45. The van der Waals surface area contributed by atoms with Gasteiger partial charge in [0.2, 0.25) is 0 Å². The number of hydrogen-bond donors (Lipinski definition) is 1. The second-order valence-corrected chi connectivity index (χ2v) is 5.18. The Morgan fingerprint density at radius 2 is 1.89 bits per heavy atom. The number of aliphatic carboxylic acids is 1. The van der Waals surface area contributed by atoms with Crippen LogP contribution in [0.4, 0.5) is 0 Å². The molecule has 1 saturated heterocycles. The molecule has 2 rings (SSSR count). The van der Waals surface area contributed by atoms with Gasteiger partial charge in [-0.25, -0.2) is 0 Å². The number of carbonyl (C=O) groups excluding carboxylic acids is 1. The first kappa shape index (κ1) is 16.9. The zero-order valence-corrected chi connectivity index (χ0v) is 16.7. The van der Waals surface area contributed by atoms with Crippen LogP contribution in [0.2, 0.25) is 0 Å². The zero-order chi connectivity index (χ0) is 13.0. The first-order chi connectivity index (χ1) is 8.65. The molecule has 3 unspecified atom stereocenters. The molecule has 0 aromatic carbocycles. The zero-order valence-electron chi connectivity index (χ0n) is 11.2. The Balaban J connectivity index is 0.00000180. The molecule has 0 amide bonds. The summed E-state index contributed by atoms with van der Waals surface area (Å²) in [7, 11) is 0. The van der Waals surface area contributed by atoms with E-state index >= 15 is 0 Å². The molecule has 1 aliphatic carbocycles. The van der Waals surface area contributed by atoms with Crippen molar-refractivity contribution >= 4 is 39.2 Å². The van der Waals surface area contributed by atoms with E-state index in [1.807, 2.05) is 0 Å². The fourth-order valence-corrected chi connectivity index (χ4v) is 2.47. The number of carboxylic acid groups (broad SMARTS) is 1. The van der Waals surface area contributed by atoms with Gasteiger partial charge in [0.15, 0.2) is 0 Å². The van der Waals surface area contributed by atoms with Crippen LogP contribution in [0, 0.1) is 5.92 Å². The van der Waals surface area contributed by atoms with Gasteiger partial charge in [0.25, 0.3) is 0 Å². The molecule has 1 N–H and O–H groups in total. The van der Waals surface area contributed by atoms with E-state index in [1.165, 1.54) is 0 Å². The Kier molecular flexibility index (Phi) is 7.27. The van der Waals surface area contributed by atoms with Crippen LogP contribution in [-0.4, -0.2) is 63.2 Å². The van der Waals surface area contributed by atoms with Crippen molar-refractivity contribution in [1.82, 2.24) is 0 Å². The second kappa shape index (κ2) is 8.19.